The summed E-state index contributed by atoms with van der Waals surface area (Å²) in [7, 11) is 0. The number of nitro groups is 1. The molecule has 0 bridgehead atoms. The van der Waals surface area contributed by atoms with Crippen LogP contribution in [0.25, 0.3) is 0 Å². The molecule has 2 aromatic rings. The number of nitrogens with zero attached hydrogens (tertiary/aromatic N) is 1. The fourth-order valence-electron chi connectivity index (χ4n) is 2.13. The highest BCUT2D eigenvalue weighted by molar-refractivity contribution is 5.98. The Kier molecular flexibility index (Phi) is 5.30. The SMILES string of the molecule is Cc1cccc(OCCNC(=O)c2ccccc2[N+](=O)[O-])c1C. The van der Waals surface area contributed by atoms with E-state index >= 15 is 0 Å². The van der Waals surface area contributed by atoms with E-state index in [-0.39, 0.29) is 24.4 Å². The first-order valence-corrected chi connectivity index (χ1v) is 7.21. The molecule has 0 saturated heterocycles. The van der Waals surface area contributed by atoms with Crippen LogP contribution in [0.5, 0.6) is 5.75 Å². The number of para-hydroxylation sites is 1. The molecule has 0 unspecified atom stereocenters. The summed E-state index contributed by atoms with van der Waals surface area (Å²) in [6, 6.07) is 11.6. The van der Waals surface area contributed by atoms with Crippen LogP contribution < -0.4 is 10.1 Å². The summed E-state index contributed by atoms with van der Waals surface area (Å²) in [6.45, 7) is 4.52. The second-order valence-corrected chi connectivity index (χ2v) is 5.08. The Balaban J connectivity index is 1.91. The lowest BCUT2D eigenvalue weighted by atomic mass is 10.1. The zero-order chi connectivity index (χ0) is 16.8. The first-order valence-electron chi connectivity index (χ1n) is 7.21. The van der Waals surface area contributed by atoms with Crippen molar-refractivity contribution in [1.29, 1.82) is 0 Å². The minimum Gasteiger partial charge on any atom is -0.491 e. The first kappa shape index (κ1) is 16.5. The van der Waals surface area contributed by atoms with E-state index in [1.807, 2.05) is 32.0 Å². The number of benzene rings is 2. The van der Waals surface area contributed by atoms with Crippen molar-refractivity contribution in [3.63, 3.8) is 0 Å². The molecule has 0 saturated carbocycles. The van der Waals surface area contributed by atoms with Crippen LogP contribution in [0, 0.1) is 24.0 Å². The van der Waals surface area contributed by atoms with E-state index in [0.717, 1.165) is 16.9 Å². The van der Waals surface area contributed by atoms with Gasteiger partial charge in [-0.15, -0.1) is 0 Å². The lowest BCUT2D eigenvalue weighted by Crippen LogP contribution is -2.28. The van der Waals surface area contributed by atoms with Gasteiger partial charge in [0.05, 0.1) is 11.5 Å². The van der Waals surface area contributed by atoms with Crippen LogP contribution in [-0.4, -0.2) is 24.0 Å². The summed E-state index contributed by atoms with van der Waals surface area (Å²) >= 11 is 0. The Morgan fingerprint density at radius 1 is 1.17 bits per heavy atom. The maximum atomic E-state index is 12.0. The normalized spacial score (nSPS) is 10.2. The topological polar surface area (TPSA) is 81.5 Å². The van der Waals surface area contributed by atoms with Crippen LogP contribution in [0.2, 0.25) is 0 Å². The molecule has 1 amide bonds. The zero-order valence-electron chi connectivity index (χ0n) is 13.0. The Morgan fingerprint density at radius 3 is 2.65 bits per heavy atom. The predicted molar refractivity (Wildman–Crippen MR) is 86.8 cm³/mol. The number of nitrogens with one attached hydrogen (secondary N) is 1. The van der Waals surface area contributed by atoms with Gasteiger partial charge in [0.2, 0.25) is 0 Å². The maximum absolute atomic E-state index is 12.0. The molecule has 2 aromatic carbocycles. The average molecular weight is 314 g/mol. The monoisotopic (exact) mass is 314 g/mol. The fourth-order valence-corrected chi connectivity index (χ4v) is 2.13. The number of hydrogen-bond acceptors (Lipinski definition) is 4. The van der Waals surface area contributed by atoms with E-state index < -0.39 is 10.8 Å². The van der Waals surface area contributed by atoms with Crippen molar-refractivity contribution in [1.82, 2.24) is 5.32 Å². The molecule has 0 aliphatic heterocycles. The van der Waals surface area contributed by atoms with E-state index in [2.05, 4.69) is 5.32 Å². The van der Waals surface area contributed by atoms with Gasteiger partial charge >= 0.3 is 0 Å². The molecular formula is C17H18N2O4. The Hall–Kier alpha value is -2.89. The molecule has 6 nitrogen and oxygen atoms in total. The third kappa shape index (κ3) is 4.06. The second kappa shape index (κ2) is 7.40. The summed E-state index contributed by atoms with van der Waals surface area (Å²) in [5.74, 6) is 0.284. The number of rotatable bonds is 6. The molecule has 0 aliphatic rings. The third-order valence-electron chi connectivity index (χ3n) is 3.55. The van der Waals surface area contributed by atoms with Gasteiger partial charge in [0.15, 0.2) is 0 Å². The molecule has 0 heterocycles. The van der Waals surface area contributed by atoms with Gasteiger partial charge in [-0.1, -0.05) is 24.3 Å². The van der Waals surface area contributed by atoms with E-state index in [1.54, 1.807) is 6.07 Å². The quantitative estimate of drug-likeness (QED) is 0.505. The second-order valence-electron chi connectivity index (χ2n) is 5.08. The molecule has 0 aromatic heterocycles. The largest absolute Gasteiger partial charge is 0.491 e. The molecule has 2 rings (SSSR count). The molecule has 0 fully saturated rings. The number of nitro benzene ring substituents is 1. The molecule has 0 spiro atoms. The van der Waals surface area contributed by atoms with Gasteiger partial charge in [-0.2, -0.15) is 0 Å². The van der Waals surface area contributed by atoms with Crippen LogP contribution in [0.15, 0.2) is 42.5 Å². The number of aryl methyl sites for hydroxylation is 1. The van der Waals surface area contributed by atoms with Crippen molar-refractivity contribution in [2.75, 3.05) is 13.2 Å². The van der Waals surface area contributed by atoms with Crippen LogP contribution in [0.1, 0.15) is 21.5 Å². The number of hydrogen-bond donors (Lipinski definition) is 1. The van der Waals surface area contributed by atoms with Gasteiger partial charge in [0, 0.05) is 6.07 Å². The summed E-state index contributed by atoms with van der Waals surface area (Å²) < 4.78 is 5.63. The van der Waals surface area contributed by atoms with E-state index in [4.69, 9.17) is 4.74 Å². The van der Waals surface area contributed by atoms with Crippen molar-refractivity contribution in [3.05, 3.63) is 69.3 Å². The molecule has 120 valence electrons. The maximum Gasteiger partial charge on any atom is 0.282 e. The minimum atomic E-state index is -0.568. The summed E-state index contributed by atoms with van der Waals surface area (Å²) in [4.78, 5) is 22.4. The molecular weight excluding hydrogens is 296 g/mol. The molecule has 0 radical (unpaired) electrons. The minimum absolute atomic E-state index is 0.0456. The van der Waals surface area contributed by atoms with Crippen molar-refractivity contribution >= 4 is 11.6 Å². The highest BCUT2D eigenvalue weighted by Crippen LogP contribution is 2.20. The van der Waals surface area contributed by atoms with Crippen LogP contribution in [-0.2, 0) is 0 Å². The highest BCUT2D eigenvalue weighted by atomic mass is 16.6. The van der Waals surface area contributed by atoms with Crippen molar-refractivity contribution < 1.29 is 14.5 Å². The molecule has 1 N–H and O–H groups in total. The van der Waals surface area contributed by atoms with E-state index in [9.17, 15) is 14.9 Å². The van der Waals surface area contributed by atoms with Gasteiger partial charge in [-0.05, 0) is 37.1 Å². The third-order valence-corrected chi connectivity index (χ3v) is 3.55. The molecule has 0 aliphatic carbocycles. The number of carbonyl (C=O) groups excluding carboxylic acids is 1. The lowest BCUT2D eigenvalue weighted by molar-refractivity contribution is -0.385. The van der Waals surface area contributed by atoms with Crippen molar-refractivity contribution in [3.8, 4) is 5.75 Å². The molecule has 23 heavy (non-hydrogen) atoms. The van der Waals surface area contributed by atoms with Crippen molar-refractivity contribution in [2.45, 2.75) is 13.8 Å². The number of carbonyl (C=O) groups is 1. The van der Waals surface area contributed by atoms with Gasteiger partial charge in [-0.3, -0.25) is 14.9 Å². The molecule has 0 atom stereocenters. The summed E-state index contributed by atoms with van der Waals surface area (Å²) in [6.07, 6.45) is 0. The van der Waals surface area contributed by atoms with Gasteiger partial charge in [-0.25, -0.2) is 0 Å². The first-order chi connectivity index (χ1) is 11.0. The lowest BCUT2D eigenvalue weighted by Gasteiger charge is -2.11. The Labute approximate surface area is 134 Å². The van der Waals surface area contributed by atoms with Gasteiger partial charge in [0.25, 0.3) is 11.6 Å². The molecule has 6 heteroatoms. The van der Waals surface area contributed by atoms with Crippen LogP contribution >= 0.6 is 0 Å². The average Bonchev–Trinajstić information content (AvgIpc) is 2.55. The summed E-state index contributed by atoms with van der Waals surface area (Å²) in [5, 5.41) is 13.5. The smallest absolute Gasteiger partial charge is 0.282 e. The number of amides is 1. The number of ether oxygens (including phenoxy) is 1. The predicted octanol–water partition coefficient (Wildman–Crippen LogP) is 3.02. The van der Waals surface area contributed by atoms with Gasteiger partial charge in [0.1, 0.15) is 17.9 Å². The Bertz CT molecular complexity index is 728. The standard InChI is InChI=1S/C17H18N2O4/c1-12-6-5-9-16(13(12)2)23-11-10-18-17(20)14-7-3-4-8-15(14)19(21)22/h3-9H,10-11H2,1-2H3,(H,18,20). The van der Waals surface area contributed by atoms with Crippen LogP contribution in [0.3, 0.4) is 0 Å². The van der Waals surface area contributed by atoms with E-state index in [1.165, 1.54) is 18.2 Å². The Morgan fingerprint density at radius 2 is 1.91 bits per heavy atom. The highest BCUT2D eigenvalue weighted by Gasteiger charge is 2.18. The van der Waals surface area contributed by atoms with E-state index in [0.29, 0.717) is 0 Å². The van der Waals surface area contributed by atoms with Crippen molar-refractivity contribution in [2.24, 2.45) is 0 Å². The van der Waals surface area contributed by atoms with Crippen LogP contribution in [0.4, 0.5) is 5.69 Å². The van der Waals surface area contributed by atoms with Gasteiger partial charge < -0.3 is 10.1 Å². The zero-order valence-corrected chi connectivity index (χ0v) is 13.0. The summed E-state index contributed by atoms with van der Waals surface area (Å²) in [5.41, 5.74) is 2.02. The fraction of sp³-hybridized carbons (Fsp3) is 0.235.